The normalized spacial score (nSPS) is 16.8. The molecule has 0 fully saturated rings. The number of allylic oxidation sites excluding steroid dienone is 2. The van der Waals surface area contributed by atoms with Crippen LogP contribution in [0.25, 0.3) is 5.57 Å². The summed E-state index contributed by atoms with van der Waals surface area (Å²) in [6.07, 6.45) is 3.27. The molecule has 0 spiro atoms. The highest BCUT2D eigenvalue weighted by Gasteiger charge is 2.54. The summed E-state index contributed by atoms with van der Waals surface area (Å²) in [6.45, 7) is -4.10. The van der Waals surface area contributed by atoms with Gasteiger partial charge < -0.3 is 31.8 Å². The van der Waals surface area contributed by atoms with Gasteiger partial charge in [0.05, 0.1) is 36.0 Å². The Morgan fingerprint density at radius 3 is 2.28 bits per heavy atom. The zero-order valence-corrected chi connectivity index (χ0v) is 20.2. The number of halogens is 5. The Morgan fingerprint density at radius 2 is 1.66 bits per heavy atom. The minimum Gasteiger partial charge on any atom is -0.493 e. The second kappa shape index (κ2) is 7.28. The number of methoxy groups -OCH3 is 3. The SMILES string of the molecule is COc1cc(C2=C3C=CC(Br)=[N+]3[B-](F)(F)n3c(Br)ccc32)c(Br)c(OC)c1OC. The van der Waals surface area contributed by atoms with Gasteiger partial charge in [0.2, 0.25) is 10.4 Å². The van der Waals surface area contributed by atoms with Crippen molar-refractivity contribution in [3.63, 3.8) is 0 Å². The molecule has 152 valence electrons. The summed E-state index contributed by atoms with van der Waals surface area (Å²) in [5.74, 6) is 1.24. The molecule has 0 bridgehead atoms. The fraction of sp³-hybridized carbons (Fsp3) is 0.167. The highest BCUT2D eigenvalue weighted by Crippen LogP contribution is 2.50. The van der Waals surface area contributed by atoms with Crippen molar-refractivity contribution >= 4 is 65.0 Å². The second-order valence-corrected chi connectivity index (χ2v) is 8.71. The molecule has 29 heavy (non-hydrogen) atoms. The molecule has 0 radical (unpaired) electrons. The highest BCUT2D eigenvalue weighted by molar-refractivity contribution is 9.18. The quantitative estimate of drug-likeness (QED) is 0.444. The molecule has 3 heterocycles. The van der Waals surface area contributed by atoms with Crippen LogP contribution in [0.3, 0.4) is 0 Å². The van der Waals surface area contributed by atoms with Crippen molar-refractivity contribution in [3.8, 4) is 17.2 Å². The van der Waals surface area contributed by atoms with E-state index in [1.54, 1.807) is 30.4 Å². The first kappa shape index (κ1) is 20.7. The first-order chi connectivity index (χ1) is 13.8. The lowest BCUT2D eigenvalue weighted by Gasteiger charge is -2.32. The minimum absolute atomic E-state index is 0.282. The van der Waals surface area contributed by atoms with Crippen LogP contribution in [0.5, 0.6) is 17.2 Å². The van der Waals surface area contributed by atoms with Gasteiger partial charge in [0.1, 0.15) is 0 Å². The van der Waals surface area contributed by atoms with E-state index >= 15 is 8.63 Å². The molecule has 0 aliphatic carbocycles. The van der Waals surface area contributed by atoms with Crippen LogP contribution in [0.15, 0.2) is 45.1 Å². The van der Waals surface area contributed by atoms with Crippen LogP contribution in [0.4, 0.5) is 8.63 Å². The molecule has 1 aromatic heterocycles. The van der Waals surface area contributed by atoms with Gasteiger partial charge in [-0.2, -0.15) is 0 Å². The summed E-state index contributed by atoms with van der Waals surface area (Å²) in [5, 5.41) is 0. The molecule has 1 aromatic carbocycles. The van der Waals surface area contributed by atoms with Crippen LogP contribution in [0, 0.1) is 0 Å². The van der Waals surface area contributed by atoms with E-state index in [1.165, 1.54) is 21.3 Å². The van der Waals surface area contributed by atoms with Gasteiger partial charge in [-0.1, -0.05) is 0 Å². The molecule has 2 aliphatic rings. The Kier molecular flexibility index (Phi) is 5.19. The summed E-state index contributed by atoms with van der Waals surface area (Å²) in [5.41, 5.74) is 1.97. The number of hydrogen-bond donors (Lipinski definition) is 0. The Morgan fingerprint density at radius 1 is 0.966 bits per heavy atom. The van der Waals surface area contributed by atoms with Crippen LogP contribution in [-0.2, 0) is 0 Å². The van der Waals surface area contributed by atoms with Crippen LogP contribution < -0.4 is 14.2 Å². The second-order valence-electron chi connectivity index (χ2n) is 6.29. The number of rotatable bonds is 4. The average Bonchev–Trinajstić information content (AvgIpc) is 3.26. The van der Waals surface area contributed by atoms with Gasteiger partial charge in [0, 0.05) is 39.3 Å². The van der Waals surface area contributed by atoms with Crippen molar-refractivity contribution in [1.29, 1.82) is 0 Å². The van der Waals surface area contributed by atoms with Crippen molar-refractivity contribution in [2.75, 3.05) is 21.3 Å². The summed E-state index contributed by atoms with van der Waals surface area (Å²) in [4.78, 5) is 0. The number of hydrogen-bond acceptors (Lipinski definition) is 3. The summed E-state index contributed by atoms with van der Waals surface area (Å²) < 4.78 is 50.4. The van der Waals surface area contributed by atoms with Crippen LogP contribution in [-0.4, -0.2) is 41.9 Å². The average molecular weight is 595 g/mol. The third-order valence-corrected chi connectivity index (χ3v) is 6.99. The number of benzene rings is 1. The molecule has 0 saturated carbocycles. The van der Waals surface area contributed by atoms with Crippen molar-refractivity contribution in [2.45, 2.75) is 0 Å². The molecule has 0 amide bonds. The van der Waals surface area contributed by atoms with E-state index in [0.717, 1.165) is 8.96 Å². The Balaban J connectivity index is 2.13. The number of ether oxygens (including phenoxy) is 3. The van der Waals surface area contributed by atoms with Crippen LogP contribution in [0.1, 0.15) is 11.3 Å². The summed E-state index contributed by atoms with van der Waals surface area (Å²) >= 11 is 10.1. The van der Waals surface area contributed by atoms with Gasteiger partial charge in [0.25, 0.3) is 0 Å². The first-order valence-corrected chi connectivity index (χ1v) is 10.8. The molecule has 2 aromatic rings. The van der Waals surface area contributed by atoms with Crippen molar-refractivity contribution in [2.24, 2.45) is 0 Å². The molecule has 2 aliphatic heterocycles. The van der Waals surface area contributed by atoms with Crippen LogP contribution >= 0.6 is 47.8 Å². The molecular weight excluding hydrogens is 581 g/mol. The van der Waals surface area contributed by atoms with Crippen LogP contribution in [0.2, 0.25) is 0 Å². The van der Waals surface area contributed by atoms with Gasteiger partial charge >= 0.3 is 6.97 Å². The standard InChI is InChI=1S/C18H14BBr3F2N2O3/c1-27-12-8-9(16(22)18(29-3)17(12)28-2)15-10-4-6-13(20)25(10)19(23,24)26-11(15)5-7-14(26)21/h4-8H,1-3H3. The molecule has 4 rings (SSSR count). The maximum atomic E-state index is 15.4. The number of nitrogens with zero attached hydrogens (tertiary/aromatic N) is 2. The Bertz CT molecular complexity index is 1140. The summed E-state index contributed by atoms with van der Waals surface area (Å²) in [6, 6.07) is 5.01. The van der Waals surface area contributed by atoms with Crippen molar-refractivity contribution in [3.05, 3.63) is 56.4 Å². The number of aromatic nitrogens is 1. The van der Waals surface area contributed by atoms with E-state index in [4.69, 9.17) is 14.2 Å². The molecule has 0 N–H and O–H groups in total. The monoisotopic (exact) mass is 592 g/mol. The molecule has 5 nitrogen and oxygen atoms in total. The van der Waals surface area contributed by atoms with E-state index in [-0.39, 0.29) is 9.22 Å². The van der Waals surface area contributed by atoms with E-state index in [1.807, 2.05) is 0 Å². The molecular formula is C18H14BBr3F2N2O3. The smallest absolute Gasteiger partial charge is 0.493 e. The van der Waals surface area contributed by atoms with E-state index in [9.17, 15) is 0 Å². The Hall–Kier alpha value is -1.59. The summed E-state index contributed by atoms with van der Waals surface area (Å²) in [7, 11) is 4.53. The van der Waals surface area contributed by atoms with E-state index in [0.29, 0.717) is 44.2 Å². The predicted octanol–water partition coefficient (Wildman–Crippen LogP) is 5.41. The van der Waals surface area contributed by atoms with Crippen molar-refractivity contribution in [1.82, 2.24) is 4.48 Å². The Labute approximate surface area is 191 Å². The first-order valence-electron chi connectivity index (χ1n) is 8.40. The lowest BCUT2D eigenvalue weighted by Crippen LogP contribution is -2.50. The maximum Gasteiger partial charge on any atom is 0.738 e. The van der Waals surface area contributed by atoms with Gasteiger partial charge in [-0.15, -0.1) is 0 Å². The maximum absolute atomic E-state index is 15.4. The zero-order chi connectivity index (χ0) is 21.1. The highest BCUT2D eigenvalue weighted by atomic mass is 79.9. The fourth-order valence-electron chi connectivity index (χ4n) is 3.71. The fourth-order valence-corrected chi connectivity index (χ4v) is 5.51. The topological polar surface area (TPSA) is 35.6 Å². The molecule has 0 unspecified atom stereocenters. The largest absolute Gasteiger partial charge is 0.738 e. The van der Waals surface area contributed by atoms with Gasteiger partial charge in [0.15, 0.2) is 17.2 Å². The number of fused-ring (bicyclic) bond motifs is 2. The third kappa shape index (κ3) is 2.84. The third-order valence-electron chi connectivity index (χ3n) is 4.91. The lowest BCUT2D eigenvalue weighted by atomic mass is 9.86. The molecule has 0 saturated heterocycles. The van der Waals surface area contributed by atoms with Gasteiger partial charge in [-0.25, -0.2) is 0 Å². The van der Waals surface area contributed by atoms with E-state index in [2.05, 4.69) is 47.8 Å². The predicted molar refractivity (Wildman–Crippen MR) is 119 cm³/mol. The van der Waals surface area contributed by atoms with Gasteiger partial charge in [-0.3, -0.25) is 0 Å². The minimum atomic E-state index is -4.10. The van der Waals surface area contributed by atoms with Crippen molar-refractivity contribution < 1.29 is 27.3 Å². The zero-order valence-electron chi connectivity index (χ0n) is 15.5. The molecule has 0 atom stereocenters. The van der Waals surface area contributed by atoms with Gasteiger partial charge in [-0.05, 0) is 50.1 Å². The van der Waals surface area contributed by atoms with E-state index < -0.39 is 6.97 Å². The lowest BCUT2D eigenvalue weighted by molar-refractivity contribution is -0.358. The molecule has 11 heteroatoms.